The van der Waals surface area contributed by atoms with E-state index in [1.807, 2.05) is 53.2 Å². The SMILES string of the molecule is O=C(Nc1ccccc1)C1CCCN(C(=O)c2csc(-c3cccs3)n2)C1. The maximum absolute atomic E-state index is 12.9. The molecular formula is C20H19N3O2S2. The van der Waals surface area contributed by atoms with Gasteiger partial charge in [-0.05, 0) is 36.4 Å². The number of thiophene rings is 1. The third kappa shape index (κ3) is 4.09. The second kappa shape index (κ2) is 8.02. The minimum absolute atomic E-state index is 0.0312. The van der Waals surface area contributed by atoms with Gasteiger partial charge in [0, 0.05) is 24.2 Å². The third-order valence-electron chi connectivity index (χ3n) is 4.58. The van der Waals surface area contributed by atoms with Crippen molar-refractivity contribution in [2.75, 3.05) is 18.4 Å². The number of amides is 2. The van der Waals surface area contributed by atoms with Crippen molar-refractivity contribution in [3.8, 4) is 9.88 Å². The molecule has 5 nitrogen and oxygen atoms in total. The van der Waals surface area contributed by atoms with Crippen molar-refractivity contribution >= 4 is 40.2 Å². The lowest BCUT2D eigenvalue weighted by Crippen LogP contribution is -2.43. The van der Waals surface area contributed by atoms with E-state index in [4.69, 9.17) is 0 Å². The van der Waals surface area contributed by atoms with Crippen LogP contribution in [0.1, 0.15) is 23.3 Å². The van der Waals surface area contributed by atoms with Gasteiger partial charge < -0.3 is 10.2 Å². The first-order valence-corrected chi connectivity index (χ1v) is 10.6. The summed E-state index contributed by atoms with van der Waals surface area (Å²) >= 11 is 3.09. The van der Waals surface area contributed by atoms with Crippen molar-refractivity contribution in [3.63, 3.8) is 0 Å². The lowest BCUT2D eigenvalue weighted by Gasteiger charge is -2.31. The van der Waals surface area contributed by atoms with Gasteiger partial charge in [-0.15, -0.1) is 22.7 Å². The highest BCUT2D eigenvalue weighted by atomic mass is 32.1. The molecule has 1 aliphatic rings. The molecule has 2 amide bonds. The van der Waals surface area contributed by atoms with Crippen LogP contribution in [-0.2, 0) is 4.79 Å². The number of carbonyl (C=O) groups is 2. The van der Waals surface area contributed by atoms with E-state index < -0.39 is 0 Å². The lowest BCUT2D eigenvalue weighted by atomic mass is 9.96. The molecule has 3 heterocycles. The second-order valence-corrected chi connectivity index (χ2v) is 8.27. The Morgan fingerprint density at radius 1 is 1.11 bits per heavy atom. The number of aromatic nitrogens is 1. The molecule has 1 N–H and O–H groups in total. The van der Waals surface area contributed by atoms with Gasteiger partial charge in [0.1, 0.15) is 10.7 Å². The number of hydrogen-bond acceptors (Lipinski definition) is 5. The van der Waals surface area contributed by atoms with Gasteiger partial charge in [-0.25, -0.2) is 4.98 Å². The number of carbonyl (C=O) groups excluding carboxylic acids is 2. The van der Waals surface area contributed by atoms with Gasteiger partial charge in [-0.1, -0.05) is 24.3 Å². The van der Waals surface area contributed by atoms with Crippen LogP contribution in [0.3, 0.4) is 0 Å². The number of anilines is 1. The largest absolute Gasteiger partial charge is 0.336 e. The number of benzene rings is 1. The molecule has 1 unspecified atom stereocenters. The van der Waals surface area contributed by atoms with Gasteiger partial charge in [0.15, 0.2) is 0 Å². The molecule has 0 bridgehead atoms. The molecule has 0 aliphatic carbocycles. The number of rotatable bonds is 4. The third-order valence-corrected chi connectivity index (χ3v) is 6.46. The molecule has 1 fully saturated rings. The van der Waals surface area contributed by atoms with Crippen LogP contribution in [0.2, 0.25) is 0 Å². The maximum atomic E-state index is 12.9. The van der Waals surface area contributed by atoms with Crippen molar-refractivity contribution in [3.05, 3.63) is 58.9 Å². The number of likely N-dealkylation sites (tertiary alicyclic amines) is 1. The molecule has 1 aliphatic heterocycles. The minimum atomic E-state index is -0.196. The molecule has 2 aromatic heterocycles. The topological polar surface area (TPSA) is 62.3 Å². The van der Waals surface area contributed by atoms with Crippen LogP contribution in [0.5, 0.6) is 0 Å². The molecule has 0 spiro atoms. The smallest absolute Gasteiger partial charge is 0.273 e. The summed E-state index contributed by atoms with van der Waals surface area (Å²) in [6.07, 6.45) is 1.61. The van der Waals surface area contributed by atoms with E-state index in [1.165, 1.54) is 11.3 Å². The molecule has 7 heteroatoms. The van der Waals surface area contributed by atoms with E-state index in [1.54, 1.807) is 16.2 Å². The zero-order valence-electron chi connectivity index (χ0n) is 14.6. The molecule has 138 valence electrons. The van der Waals surface area contributed by atoms with Crippen LogP contribution in [0.15, 0.2) is 53.2 Å². The van der Waals surface area contributed by atoms with Gasteiger partial charge >= 0.3 is 0 Å². The predicted octanol–water partition coefficient (Wildman–Crippen LogP) is 4.36. The maximum Gasteiger partial charge on any atom is 0.273 e. The fourth-order valence-corrected chi connectivity index (χ4v) is 4.80. The quantitative estimate of drug-likeness (QED) is 0.711. The van der Waals surface area contributed by atoms with Gasteiger partial charge in [-0.2, -0.15) is 0 Å². The lowest BCUT2D eigenvalue weighted by molar-refractivity contribution is -0.121. The molecule has 4 rings (SSSR count). The Kier molecular flexibility index (Phi) is 5.31. The van der Waals surface area contributed by atoms with Crippen LogP contribution >= 0.6 is 22.7 Å². The van der Waals surface area contributed by atoms with E-state index in [-0.39, 0.29) is 17.7 Å². The fraction of sp³-hybridized carbons (Fsp3) is 0.250. The van der Waals surface area contributed by atoms with E-state index >= 15 is 0 Å². The first-order valence-electron chi connectivity index (χ1n) is 8.85. The van der Waals surface area contributed by atoms with Crippen molar-refractivity contribution < 1.29 is 9.59 Å². The Bertz CT molecular complexity index is 922. The van der Waals surface area contributed by atoms with Gasteiger partial charge in [-0.3, -0.25) is 9.59 Å². The Labute approximate surface area is 165 Å². The fourth-order valence-electron chi connectivity index (χ4n) is 3.19. The summed E-state index contributed by atoms with van der Waals surface area (Å²) in [6, 6.07) is 13.4. The van der Waals surface area contributed by atoms with Crippen LogP contribution < -0.4 is 5.32 Å². The predicted molar refractivity (Wildman–Crippen MR) is 109 cm³/mol. The average Bonchev–Trinajstić information content (AvgIpc) is 3.40. The standard InChI is InChI=1S/C20H19N3O2S2/c24-18(21-15-7-2-1-3-8-15)14-6-4-10-23(12-14)20(25)16-13-27-19(22-16)17-9-5-11-26-17/h1-3,5,7-9,11,13-14H,4,6,10,12H2,(H,21,24). The molecule has 0 radical (unpaired) electrons. The molecular weight excluding hydrogens is 378 g/mol. The number of nitrogens with zero attached hydrogens (tertiary/aromatic N) is 2. The van der Waals surface area contributed by atoms with E-state index in [0.29, 0.717) is 18.8 Å². The molecule has 3 aromatic rings. The van der Waals surface area contributed by atoms with Gasteiger partial charge in [0.2, 0.25) is 5.91 Å². The summed E-state index contributed by atoms with van der Waals surface area (Å²) in [5.41, 5.74) is 1.25. The van der Waals surface area contributed by atoms with Crippen molar-refractivity contribution in [1.82, 2.24) is 9.88 Å². The van der Waals surface area contributed by atoms with Gasteiger partial charge in [0.05, 0.1) is 10.8 Å². The number of hydrogen-bond donors (Lipinski definition) is 1. The molecule has 27 heavy (non-hydrogen) atoms. The van der Waals surface area contributed by atoms with Crippen LogP contribution in [0.4, 0.5) is 5.69 Å². The summed E-state index contributed by atoms with van der Waals surface area (Å²) < 4.78 is 0. The Hall–Kier alpha value is -2.51. The summed E-state index contributed by atoms with van der Waals surface area (Å²) in [5.74, 6) is -0.319. The first kappa shape index (κ1) is 17.9. The molecule has 1 atom stereocenters. The summed E-state index contributed by atoms with van der Waals surface area (Å²) in [5, 5.41) is 7.62. The molecule has 0 saturated carbocycles. The zero-order chi connectivity index (χ0) is 18.6. The normalized spacial score (nSPS) is 16.9. The van der Waals surface area contributed by atoms with E-state index in [9.17, 15) is 9.59 Å². The molecule has 1 saturated heterocycles. The Morgan fingerprint density at radius 3 is 2.74 bits per heavy atom. The van der Waals surface area contributed by atoms with Crippen LogP contribution in [0, 0.1) is 5.92 Å². The first-order chi connectivity index (χ1) is 13.2. The van der Waals surface area contributed by atoms with E-state index in [2.05, 4.69) is 10.3 Å². The molecule has 1 aromatic carbocycles. The number of thiazole rings is 1. The minimum Gasteiger partial charge on any atom is -0.336 e. The van der Waals surface area contributed by atoms with Crippen molar-refractivity contribution in [2.45, 2.75) is 12.8 Å². The number of nitrogens with one attached hydrogen (secondary N) is 1. The average molecular weight is 398 g/mol. The highest BCUT2D eigenvalue weighted by molar-refractivity contribution is 7.20. The zero-order valence-corrected chi connectivity index (χ0v) is 16.3. The highest BCUT2D eigenvalue weighted by Gasteiger charge is 2.30. The number of piperidine rings is 1. The van der Waals surface area contributed by atoms with Gasteiger partial charge in [0.25, 0.3) is 5.91 Å². The van der Waals surface area contributed by atoms with Crippen molar-refractivity contribution in [1.29, 1.82) is 0 Å². The van der Waals surface area contributed by atoms with Crippen molar-refractivity contribution in [2.24, 2.45) is 5.92 Å². The monoisotopic (exact) mass is 397 g/mol. The Balaban J connectivity index is 1.42. The second-order valence-electron chi connectivity index (χ2n) is 6.46. The highest BCUT2D eigenvalue weighted by Crippen LogP contribution is 2.29. The summed E-state index contributed by atoms with van der Waals surface area (Å²) in [4.78, 5) is 32.7. The summed E-state index contributed by atoms with van der Waals surface area (Å²) in [7, 11) is 0. The number of para-hydroxylation sites is 1. The van der Waals surface area contributed by atoms with Crippen LogP contribution in [-0.4, -0.2) is 34.8 Å². The summed E-state index contributed by atoms with van der Waals surface area (Å²) in [6.45, 7) is 1.10. The van der Waals surface area contributed by atoms with E-state index in [0.717, 1.165) is 28.4 Å². The Morgan fingerprint density at radius 2 is 1.96 bits per heavy atom. The van der Waals surface area contributed by atoms with Crippen LogP contribution in [0.25, 0.3) is 9.88 Å².